The third-order valence-corrected chi connectivity index (χ3v) is 3.83. The van der Waals surface area contributed by atoms with Gasteiger partial charge in [0.1, 0.15) is 0 Å². The number of nitrogens with zero attached hydrogens (tertiary/aromatic N) is 2. The zero-order valence-corrected chi connectivity index (χ0v) is 13.1. The van der Waals surface area contributed by atoms with E-state index in [0.717, 1.165) is 12.8 Å². The van der Waals surface area contributed by atoms with Crippen LogP contribution in [0.5, 0.6) is 0 Å². The Labute approximate surface area is 114 Å². The number of nitrogens with two attached hydrogens (primary N) is 1. The van der Waals surface area contributed by atoms with Gasteiger partial charge in [-0.3, -0.25) is 4.90 Å². The molecule has 18 heavy (non-hydrogen) atoms. The molecule has 1 aliphatic rings. The average Bonchev–Trinajstić information content (AvgIpc) is 2.24. The Kier molecular flexibility index (Phi) is 6.09. The van der Waals surface area contributed by atoms with E-state index in [9.17, 15) is 0 Å². The van der Waals surface area contributed by atoms with E-state index in [1.165, 1.54) is 32.7 Å². The zero-order chi connectivity index (χ0) is 13.8. The summed E-state index contributed by atoms with van der Waals surface area (Å²) in [4.78, 5) is 5.13. The van der Waals surface area contributed by atoms with Crippen LogP contribution in [0.2, 0.25) is 0 Å². The zero-order valence-electron chi connectivity index (χ0n) is 13.1. The summed E-state index contributed by atoms with van der Waals surface area (Å²) in [5, 5.41) is 0. The van der Waals surface area contributed by atoms with Crippen molar-refractivity contribution >= 4 is 0 Å². The summed E-state index contributed by atoms with van der Waals surface area (Å²) in [5.74, 6) is 0. The molecule has 0 radical (unpaired) electrons. The summed E-state index contributed by atoms with van der Waals surface area (Å²) in [7, 11) is 0. The van der Waals surface area contributed by atoms with Crippen molar-refractivity contribution in [3.63, 3.8) is 0 Å². The molecule has 1 rings (SSSR count). The van der Waals surface area contributed by atoms with Crippen molar-refractivity contribution in [3.8, 4) is 0 Å². The van der Waals surface area contributed by atoms with Crippen molar-refractivity contribution in [2.45, 2.75) is 59.5 Å². The highest BCUT2D eigenvalue weighted by Crippen LogP contribution is 2.21. The van der Waals surface area contributed by atoms with Gasteiger partial charge in [0.2, 0.25) is 0 Å². The van der Waals surface area contributed by atoms with Crippen LogP contribution in [0.15, 0.2) is 0 Å². The Balaban J connectivity index is 2.18. The van der Waals surface area contributed by atoms with Gasteiger partial charge >= 0.3 is 0 Å². The molecule has 0 aromatic rings. The second kappa shape index (κ2) is 6.88. The maximum absolute atomic E-state index is 6.22. The smallest absolute Gasteiger partial charge is 0.0113 e. The maximum atomic E-state index is 6.22. The fourth-order valence-electron chi connectivity index (χ4n) is 2.74. The topological polar surface area (TPSA) is 32.5 Å². The summed E-state index contributed by atoms with van der Waals surface area (Å²) in [6, 6.07) is 1.04. The molecule has 2 N–H and O–H groups in total. The summed E-state index contributed by atoms with van der Waals surface area (Å²) in [5.41, 5.74) is 6.57. The molecule has 1 saturated heterocycles. The van der Waals surface area contributed by atoms with Gasteiger partial charge in [0.15, 0.2) is 0 Å². The largest absolute Gasteiger partial charge is 0.328 e. The number of hydrogen-bond acceptors (Lipinski definition) is 3. The minimum atomic E-state index is 0.355. The molecule has 3 nitrogen and oxygen atoms in total. The minimum absolute atomic E-state index is 0.355. The van der Waals surface area contributed by atoms with Crippen molar-refractivity contribution in [1.82, 2.24) is 9.80 Å². The molecule has 0 aromatic heterocycles. The Morgan fingerprint density at radius 2 is 1.61 bits per heavy atom. The number of hydrogen-bond donors (Lipinski definition) is 1. The van der Waals surface area contributed by atoms with Crippen molar-refractivity contribution in [1.29, 1.82) is 0 Å². The Morgan fingerprint density at radius 3 is 2.06 bits per heavy atom. The van der Waals surface area contributed by atoms with Crippen LogP contribution >= 0.6 is 0 Å². The first kappa shape index (κ1) is 15.9. The van der Waals surface area contributed by atoms with E-state index >= 15 is 0 Å². The first-order chi connectivity index (χ1) is 8.28. The molecular weight excluding hydrogens is 222 g/mol. The molecule has 0 aromatic carbocycles. The van der Waals surface area contributed by atoms with E-state index in [-0.39, 0.29) is 0 Å². The summed E-state index contributed by atoms with van der Waals surface area (Å²) in [6.45, 7) is 17.4. The number of rotatable bonds is 5. The molecule has 1 unspecified atom stereocenters. The third kappa shape index (κ3) is 6.17. The lowest BCUT2D eigenvalue weighted by atomic mass is 9.87. The van der Waals surface area contributed by atoms with Crippen LogP contribution in [0.3, 0.4) is 0 Å². The van der Waals surface area contributed by atoms with Crippen molar-refractivity contribution in [2.75, 3.05) is 32.7 Å². The van der Waals surface area contributed by atoms with Gasteiger partial charge in [-0.15, -0.1) is 0 Å². The van der Waals surface area contributed by atoms with E-state index in [0.29, 0.717) is 17.5 Å². The second-order valence-electron chi connectivity index (χ2n) is 7.28. The Bertz CT molecular complexity index is 224. The van der Waals surface area contributed by atoms with Crippen molar-refractivity contribution in [3.05, 3.63) is 0 Å². The van der Waals surface area contributed by atoms with E-state index in [2.05, 4.69) is 44.4 Å². The van der Waals surface area contributed by atoms with Crippen LogP contribution in [0.4, 0.5) is 0 Å². The highest BCUT2D eigenvalue weighted by molar-refractivity contribution is 4.77. The fraction of sp³-hybridized carbons (Fsp3) is 1.00. The molecule has 108 valence electrons. The van der Waals surface area contributed by atoms with Crippen LogP contribution in [-0.4, -0.2) is 54.6 Å². The predicted molar refractivity (Wildman–Crippen MR) is 79.8 cm³/mol. The lowest BCUT2D eigenvalue weighted by Gasteiger charge is -2.37. The van der Waals surface area contributed by atoms with Gasteiger partial charge in [0.05, 0.1) is 0 Å². The minimum Gasteiger partial charge on any atom is -0.328 e. The molecule has 3 heteroatoms. The predicted octanol–water partition coefficient (Wildman–Crippen LogP) is 2.17. The van der Waals surface area contributed by atoms with Gasteiger partial charge in [-0.05, 0) is 38.6 Å². The van der Waals surface area contributed by atoms with Crippen LogP contribution in [0.25, 0.3) is 0 Å². The SMILES string of the molecule is CC(C)N1CCN(CCC(N)CC(C)(C)C)CC1. The van der Waals surface area contributed by atoms with E-state index < -0.39 is 0 Å². The highest BCUT2D eigenvalue weighted by Gasteiger charge is 2.20. The van der Waals surface area contributed by atoms with Crippen LogP contribution in [-0.2, 0) is 0 Å². The van der Waals surface area contributed by atoms with E-state index in [1.54, 1.807) is 0 Å². The lowest BCUT2D eigenvalue weighted by Crippen LogP contribution is -2.49. The molecule has 0 spiro atoms. The van der Waals surface area contributed by atoms with Gasteiger partial charge in [-0.2, -0.15) is 0 Å². The molecule has 0 amide bonds. The van der Waals surface area contributed by atoms with Gasteiger partial charge in [0, 0.05) is 38.3 Å². The second-order valence-corrected chi connectivity index (χ2v) is 7.28. The average molecular weight is 255 g/mol. The molecule has 0 saturated carbocycles. The van der Waals surface area contributed by atoms with E-state index in [4.69, 9.17) is 5.73 Å². The van der Waals surface area contributed by atoms with Crippen LogP contribution in [0, 0.1) is 5.41 Å². The molecule has 0 bridgehead atoms. The van der Waals surface area contributed by atoms with Gasteiger partial charge in [-0.25, -0.2) is 0 Å². The molecule has 1 atom stereocenters. The maximum Gasteiger partial charge on any atom is 0.0113 e. The van der Waals surface area contributed by atoms with Gasteiger partial charge in [-0.1, -0.05) is 20.8 Å². The quantitative estimate of drug-likeness (QED) is 0.817. The summed E-state index contributed by atoms with van der Waals surface area (Å²) in [6.07, 6.45) is 2.26. The molecular formula is C15H33N3. The lowest BCUT2D eigenvalue weighted by molar-refractivity contribution is 0.105. The standard InChI is InChI=1S/C15H33N3/c1-13(2)18-10-8-17(9-11-18)7-6-14(16)12-15(3,4)5/h13-14H,6-12,16H2,1-5H3. The summed E-state index contributed by atoms with van der Waals surface area (Å²) >= 11 is 0. The number of piperazine rings is 1. The van der Waals surface area contributed by atoms with Crippen molar-refractivity contribution < 1.29 is 0 Å². The van der Waals surface area contributed by atoms with Crippen molar-refractivity contribution in [2.24, 2.45) is 11.1 Å². The fourth-order valence-corrected chi connectivity index (χ4v) is 2.74. The monoisotopic (exact) mass is 255 g/mol. The normalized spacial score (nSPS) is 21.5. The van der Waals surface area contributed by atoms with Crippen LogP contribution in [0.1, 0.15) is 47.5 Å². The molecule has 1 aliphatic heterocycles. The molecule has 1 fully saturated rings. The third-order valence-electron chi connectivity index (χ3n) is 3.83. The first-order valence-electron chi connectivity index (χ1n) is 7.50. The Morgan fingerprint density at radius 1 is 1.06 bits per heavy atom. The van der Waals surface area contributed by atoms with Gasteiger partial charge < -0.3 is 10.6 Å². The first-order valence-corrected chi connectivity index (χ1v) is 7.50. The van der Waals surface area contributed by atoms with Gasteiger partial charge in [0.25, 0.3) is 0 Å². The van der Waals surface area contributed by atoms with E-state index in [1.807, 2.05) is 0 Å². The summed E-state index contributed by atoms with van der Waals surface area (Å²) < 4.78 is 0. The highest BCUT2D eigenvalue weighted by atomic mass is 15.3. The Hall–Kier alpha value is -0.120. The van der Waals surface area contributed by atoms with Crippen LogP contribution < -0.4 is 5.73 Å². The molecule has 0 aliphatic carbocycles. The molecule has 1 heterocycles.